The quantitative estimate of drug-likeness (QED) is 0.883. The maximum absolute atomic E-state index is 11.7. The number of carboxylic acid groups (broad SMARTS) is 1. The zero-order valence-corrected chi connectivity index (χ0v) is 12.0. The molecule has 2 rings (SSSR count). The topological polar surface area (TPSA) is 59.0 Å². The van der Waals surface area contributed by atoms with Crippen LogP contribution in [0.4, 0.5) is 0 Å². The van der Waals surface area contributed by atoms with Crippen LogP contribution in [0, 0.1) is 0 Å². The minimum absolute atomic E-state index is 0.465. The molecule has 20 heavy (non-hydrogen) atoms. The maximum atomic E-state index is 11.7. The lowest BCUT2D eigenvalue weighted by atomic mass is 9.90. The lowest BCUT2D eigenvalue weighted by molar-refractivity contribution is -0.153. The average Bonchev–Trinajstić information content (AvgIpc) is 2.48. The van der Waals surface area contributed by atoms with Gasteiger partial charge in [0.2, 0.25) is 0 Å². The third-order valence-electron chi connectivity index (χ3n) is 3.88. The number of carbonyl (C=O) groups is 1. The second kappa shape index (κ2) is 6.24. The summed E-state index contributed by atoms with van der Waals surface area (Å²) in [5.74, 6) is -0.0210. The number of hydrogen-bond acceptors (Lipinski definition) is 4. The van der Waals surface area contributed by atoms with E-state index < -0.39 is 11.5 Å². The Kier molecular flexibility index (Phi) is 4.62. The molecule has 1 fully saturated rings. The van der Waals surface area contributed by atoms with Gasteiger partial charge in [-0.05, 0) is 24.6 Å². The number of rotatable bonds is 5. The molecule has 0 aromatic heterocycles. The Hall–Kier alpha value is -1.59. The van der Waals surface area contributed by atoms with Crippen molar-refractivity contribution in [2.24, 2.45) is 0 Å². The fourth-order valence-corrected chi connectivity index (χ4v) is 2.52. The number of methoxy groups -OCH3 is 1. The van der Waals surface area contributed by atoms with E-state index in [1.165, 1.54) is 0 Å². The van der Waals surface area contributed by atoms with E-state index in [1.807, 2.05) is 29.2 Å². The molecule has 5 heteroatoms. The lowest BCUT2D eigenvalue weighted by Crippen LogP contribution is -2.57. The highest BCUT2D eigenvalue weighted by Crippen LogP contribution is 2.24. The van der Waals surface area contributed by atoms with Crippen molar-refractivity contribution in [1.29, 1.82) is 0 Å². The Labute approximate surface area is 119 Å². The first-order valence-electron chi connectivity index (χ1n) is 6.75. The summed E-state index contributed by atoms with van der Waals surface area (Å²) in [5.41, 5.74) is 0.0837. The molecular formula is C15H21NO4. The molecule has 0 saturated carbocycles. The Morgan fingerprint density at radius 1 is 1.35 bits per heavy atom. The number of carboxylic acids is 1. The van der Waals surface area contributed by atoms with E-state index in [0.717, 1.165) is 11.3 Å². The monoisotopic (exact) mass is 279 g/mol. The van der Waals surface area contributed by atoms with Crippen LogP contribution >= 0.6 is 0 Å². The summed E-state index contributed by atoms with van der Waals surface area (Å²) in [4.78, 5) is 13.7. The Bertz CT molecular complexity index is 453. The summed E-state index contributed by atoms with van der Waals surface area (Å²) in [6.07, 6.45) is 0.465. The van der Waals surface area contributed by atoms with E-state index in [1.54, 1.807) is 14.0 Å². The summed E-state index contributed by atoms with van der Waals surface area (Å²) in [5, 5.41) is 9.64. The average molecular weight is 279 g/mol. The normalized spacial score (nSPS) is 19.3. The van der Waals surface area contributed by atoms with Gasteiger partial charge in [-0.25, -0.2) is 0 Å². The molecule has 0 amide bonds. The van der Waals surface area contributed by atoms with Crippen molar-refractivity contribution in [2.45, 2.75) is 18.9 Å². The van der Waals surface area contributed by atoms with E-state index in [2.05, 4.69) is 0 Å². The molecule has 1 atom stereocenters. The van der Waals surface area contributed by atoms with Gasteiger partial charge in [0.05, 0.1) is 20.3 Å². The van der Waals surface area contributed by atoms with E-state index in [4.69, 9.17) is 9.47 Å². The predicted molar refractivity (Wildman–Crippen MR) is 75.1 cm³/mol. The van der Waals surface area contributed by atoms with Gasteiger partial charge in [-0.1, -0.05) is 12.1 Å². The maximum Gasteiger partial charge on any atom is 0.324 e. The highest BCUT2D eigenvalue weighted by Gasteiger charge is 2.40. The minimum atomic E-state index is -0.904. The van der Waals surface area contributed by atoms with Crippen LogP contribution in [-0.2, 0) is 16.0 Å². The molecule has 5 nitrogen and oxygen atoms in total. The molecule has 1 saturated heterocycles. The second-order valence-electron chi connectivity index (χ2n) is 5.20. The summed E-state index contributed by atoms with van der Waals surface area (Å²) in [6, 6.07) is 7.55. The summed E-state index contributed by atoms with van der Waals surface area (Å²) in [7, 11) is 1.62. The predicted octanol–water partition coefficient (Wildman–Crippen LogP) is 1.41. The van der Waals surface area contributed by atoms with Crippen molar-refractivity contribution in [3.8, 4) is 5.75 Å². The molecule has 1 aromatic rings. The molecule has 1 aromatic carbocycles. The number of benzene rings is 1. The van der Waals surface area contributed by atoms with Crippen molar-refractivity contribution in [3.63, 3.8) is 0 Å². The Morgan fingerprint density at radius 2 is 1.95 bits per heavy atom. The molecule has 1 aliphatic heterocycles. The number of nitrogens with zero attached hydrogens (tertiary/aromatic N) is 1. The van der Waals surface area contributed by atoms with Crippen LogP contribution < -0.4 is 4.74 Å². The van der Waals surface area contributed by atoms with Crippen LogP contribution in [-0.4, -0.2) is 54.9 Å². The largest absolute Gasteiger partial charge is 0.497 e. The van der Waals surface area contributed by atoms with Crippen molar-refractivity contribution < 1.29 is 19.4 Å². The van der Waals surface area contributed by atoms with Gasteiger partial charge in [0, 0.05) is 19.5 Å². The zero-order valence-electron chi connectivity index (χ0n) is 12.0. The van der Waals surface area contributed by atoms with Gasteiger partial charge in [-0.2, -0.15) is 0 Å². The fourth-order valence-electron chi connectivity index (χ4n) is 2.52. The van der Waals surface area contributed by atoms with Crippen molar-refractivity contribution in [1.82, 2.24) is 4.90 Å². The van der Waals surface area contributed by atoms with Crippen LogP contribution in [0.1, 0.15) is 12.5 Å². The van der Waals surface area contributed by atoms with Crippen LogP contribution in [0.5, 0.6) is 5.75 Å². The van der Waals surface area contributed by atoms with Crippen LogP contribution in [0.3, 0.4) is 0 Å². The molecular weight excluding hydrogens is 258 g/mol. The molecule has 0 aliphatic carbocycles. The first kappa shape index (κ1) is 14.8. The van der Waals surface area contributed by atoms with Crippen LogP contribution in [0.25, 0.3) is 0 Å². The molecule has 0 bridgehead atoms. The van der Waals surface area contributed by atoms with Gasteiger partial charge in [-0.15, -0.1) is 0 Å². The van der Waals surface area contributed by atoms with Gasteiger partial charge < -0.3 is 14.6 Å². The van der Waals surface area contributed by atoms with E-state index in [-0.39, 0.29) is 0 Å². The molecule has 1 N–H and O–H groups in total. The standard InChI is InChI=1S/C15H21NO4/c1-15(14(17)18,16-7-9-20-10-8-16)11-12-3-5-13(19-2)6-4-12/h3-6H,7-11H2,1-2H3,(H,17,18). The highest BCUT2D eigenvalue weighted by atomic mass is 16.5. The minimum Gasteiger partial charge on any atom is -0.497 e. The molecule has 110 valence electrons. The van der Waals surface area contributed by atoms with Gasteiger partial charge in [0.25, 0.3) is 0 Å². The summed E-state index contributed by atoms with van der Waals surface area (Å²) >= 11 is 0. The Balaban J connectivity index is 2.16. The van der Waals surface area contributed by atoms with Gasteiger partial charge in [-0.3, -0.25) is 9.69 Å². The van der Waals surface area contributed by atoms with Gasteiger partial charge in [0.1, 0.15) is 11.3 Å². The van der Waals surface area contributed by atoms with E-state index in [0.29, 0.717) is 32.7 Å². The van der Waals surface area contributed by atoms with E-state index >= 15 is 0 Å². The summed E-state index contributed by atoms with van der Waals surface area (Å²) < 4.78 is 10.4. The van der Waals surface area contributed by atoms with Gasteiger partial charge in [0.15, 0.2) is 0 Å². The number of aliphatic carboxylic acids is 1. The van der Waals surface area contributed by atoms with E-state index in [9.17, 15) is 9.90 Å². The fraction of sp³-hybridized carbons (Fsp3) is 0.533. The molecule has 1 heterocycles. The first-order chi connectivity index (χ1) is 9.56. The smallest absolute Gasteiger partial charge is 0.324 e. The SMILES string of the molecule is COc1ccc(CC(C)(C(=O)O)N2CCOCC2)cc1. The highest BCUT2D eigenvalue weighted by molar-refractivity contribution is 5.78. The van der Waals surface area contributed by atoms with Gasteiger partial charge >= 0.3 is 5.97 Å². The zero-order chi connectivity index (χ0) is 14.6. The Morgan fingerprint density at radius 3 is 2.45 bits per heavy atom. The first-order valence-corrected chi connectivity index (χ1v) is 6.75. The lowest BCUT2D eigenvalue weighted by Gasteiger charge is -2.40. The molecule has 0 spiro atoms. The van der Waals surface area contributed by atoms with Crippen molar-refractivity contribution >= 4 is 5.97 Å². The molecule has 1 aliphatic rings. The third-order valence-corrected chi connectivity index (χ3v) is 3.88. The third kappa shape index (κ3) is 3.11. The summed E-state index contributed by atoms with van der Waals surface area (Å²) in [6.45, 7) is 4.26. The number of morpholine rings is 1. The van der Waals surface area contributed by atoms with Crippen LogP contribution in [0.15, 0.2) is 24.3 Å². The van der Waals surface area contributed by atoms with Crippen molar-refractivity contribution in [3.05, 3.63) is 29.8 Å². The number of hydrogen-bond donors (Lipinski definition) is 1. The second-order valence-corrected chi connectivity index (χ2v) is 5.20. The van der Waals surface area contributed by atoms with Crippen LogP contribution in [0.2, 0.25) is 0 Å². The molecule has 1 unspecified atom stereocenters. The molecule has 0 radical (unpaired) electrons. The number of ether oxygens (including phenoxy) is 2. The van der Waals surface area contributed by atoms with Crippen molar-refractivity contribution in [2.75, 3.05) is 33.4 Å².